The summed E-state index contributed by atoms with van der Waals surface area (Å²) < 4.78 is 39.1. The van der Waals surface area contributed by atoms with Crippen molar-refractivity contribution < 1.29 is 18.0 Å². The Hall–Kier alpha value is -1.56. The molecule has 1 fully saturated rings. The maximum Gasteiger partial charge on any atom is 0.416 e. The van der Waals surface area contributed by atoms with Crippen molar-refractivity contribution in [3.63, 3.8) is 0 Å². The number of amides is 1. The van der Waals surface area contributed by atoms with E-state index in [1.54, 1.807) is 13.0 Å². The second kappa shape index (κ2) is 8.51. The van der Waals surface area contributed by atoms with Gasteiger partial charge in [0, 0.05) is 13.0 Å². The fourth-order valence-electron chi connectivity index (χ4n) is 3.23. The van der Waals surface area contributed by atoms with Gasteiger partial charge in [0.15, 0.2) is 0 Å². The standard InChI is InChI=1S/C18H25F3N2O/c1-13(15-6-2-3-7-16(15)18(19,20)21)11-17(24)23-10-8-14-5-4-9-22-12-14/h2-3,6-7,13-14,22H,4-5,8-12H2,1H3,(H,23,24). The summed E-state index contributed by atoms with van der Waals surface area (Å²) in [5.74, 6) is -0.0927. The molecule has 2 atom stereocenters. The normalized spacial score (nSPS) is 19.8. The molecule has 0 aliphatic carbocycles. The summed E-state index contributed by atoms with van der Waals surface area (Å²) in [5.41, 5.74) is -0.477. The van der Waals surface area contributed by atoms with Gasteiger partial charge in [-0.15, -0.1) is 0 Å². The molecule has 134 valence electrons. The lowest BCUT2D eigenvalue weighted by molar-refractivity contribution is -0.138. The zero-order chi connectivity index (χ0) is 17.6. The van der Waals surface area contributed by atoms with Crippen molar-refractivity contribution in [2.45, 2.75) is 44.7 Å². The summed E-state index contributed by atoms with van der Waals surface area (Å²) in [6.45, 7) is 4.28. The summed E-state index contributed by atoms with van der Waals surface area (Å²) in [6, 6.07) is 5.47. The van der Waals surface area contributed by atoms with Crippen molar-refractivity contribution in [2.75, 3.05) is 19.6 Å². The topological polar surface area (TPSA) is 41.1 Å². The van der Waals surface area contributed by atoms with Gasteiger partial charge in [-0.25, -0.2) is 0 Å². The van der Waals surface area contributed by atoms with E-state index in [0.717, 1.165) is 38.4 Å². The number of rotatable bonds is 6. The fraction of sp³-hybridized carbons (Fsp3) is 0.611. The zero-order valence-corrected chi connectivity index (χ0v) is 14.0. The average Bonchev–Trinajstić information content (AvgIpc) is 2.55. The van der Waals surface area contributed by atoms with E-state index in [4.69, 9.17) is 0 Å². The van der Waals surface area contributed by atoms with E-state index in [-0.39, 0.29) is 17.9 Å². The van der Waals surface area contributed by atoms with Gasteiger partial charge in [-0.3, -0.25) is 4.79 Å². The van der Waals surface area contributed by atoms with Crippen molar-refractivity contribution in [3.8, 4) is 0 Å². The van der Waals surface area contributed by atoms with Gasteiger partial charge in [-0.1, -0.05) is 25.1 Å². The van der Waals surface area contributed by atoms with Gasteiger partial charge in [-0.2, -0.15) is 13.2 Å². The molecule has 1 saturated heterocycles. The second-order valence-corrected chi connectivity index (χ2v) is 6.54. The van der Waals surface area contributed by atoms with Crippen molar-refractivity contribution in [1.29, 1.82) is 0 Å². The number of nitrogens with one attached hydrogen (secondary N) is 2. The Kier molecular flexibility index (Phi) is 6.66. The van der Waals surface area contributed by atoms with E-state index >= 15 is 0 Å². The van der Waals surface area contributed by atoms with Crippen LogP contribution in [-0.2, 0) is 11.0 Å². The van der Waals surface area contributed by atoms with Crippen LogP contribution in [0, 0.1) is 5.92 Å². The largest absolute Gasteiger partial charge is 0.416 e. The molecule has 0 spiro atoms. The number of hydrogen-bond donors (Lipinski definition) is 2. The predicted octanol–water partition coefficient (Wildman–Crippen LogP) is 3.70. The first-order valence-electron chi connectivity index (χ1n) is 8.51. The monoisotopic (exact) mass is 342 g/mol. The SMILES string of the molecule is CC(CC(=O)NCCC1CCCNC1)c1ccccc1C(F)(F)F. The summed E-state index contributed by atoms with van der Waals surface area (Å²) >= 11 is 0. The van der Waals surface area contributed by atoms with E-state index < -0.39 is 17.7 Å². The first kappa shape index (κ1) is 18.8. The minimum absolute atomic E-state index is 0.0655. The zero-order valence-electron chi connectivity index (χ0n) is 14.0. The lowest BCUT2D eigenvalue weighted by Crippen LogP contribution is -2.33. The highest BCUT2D eigenvalue weighted by molar-refractivity contribution is 5.76. The van der Waals surface area contributed by atoms with Crippen LogP contribution < -0.4 is 10.6 Å². The molecule has 1 aromatic carbocycles. The van der Waals surface area contributed by atoms with E-state index in [9.17, 15) is 18.0 Å². The third-order valence-corrected chi connectivity index (χ3v) is 4.56. The number of carbonyl (C=O) groups excluding carboxylic acids is 1. The Balaban J connectivity index is 1.83. The highest BCUT2D eigenvalue weighted by Gasteiger charge is 2.34. The molecule has 1 aromatic rings. The van der Waals surface area contributed by atoms with Gasteiger partial charge >= 0.3 is 6.18 Å². The van der Waals surface area contributed by atoms with E-state index in [1.807, 2.05) is 0 Å². The molecule has 0 bridgehead atoms. The fourth-order valence-corrected chi connectivity index (χ4v) is 3.23. The average molecular weight is 342 g/mol. The van der Waals surface area contributed by atoms with Crippen LogP contribution >= 0.6 is 0 Å². The van der Waals surface area contributed by atoms with Crippen LogP contribution in [0.1, 0.15) is 49.7 Å². The molecule has 0 radical (unpaired) electrons. The summed E-state index contributed by atoms with van der Waals surface area (Å²) in [4.78, 5) is 12.0. The Morgan fingerprint density at radius 1 is 1.38 bits per heavy atom. The minimum atomic E-state index is -4.39. The Bertz CT molecular complexity index is 539. The second-order valence-electron chi connectivity index (χ2n) is 6.54. The molecule has 0 aromatic heterocycles. The Labute approximate surface area is 141 Å². The summed E-state index contributed by atoms with van der Waals surface area (Å²) in [5, 5.41) is 6.17. The Morgan fingerprint density at radius 2 is 2.12 bits per heavy atom. The number of halogens is 3. The third-order valence-electron chi connectivity index (χ3n) is 4.56. The quantitative estimate of drug-likeness (QED) is 0.827. The number of alkyl halides is 3. The smallest absolute Gasteiger partial charge is 0.356 e. The molecule has 24 heavy (non-hydrogen) atoms. The molecule has 3 nitrogen and oxygen atoms in total. The van der Waals surface area contributed by atoms with Gasteiger partial charge in [0.1, 0.15) is 0 Å². The van der Waals surface area contributed by atoms with E-state index in [1.165, 1.54) is 12.1 Å². The van der Waals surface area contributed by atoms with Crippen molar-refractivity contribution in [2.24, 2.45) is 5.92 Å². The molecule has 2 N–H and O–H groups in total. The highest BCUT2D eigenvalue weighted by Crippen LogP contribution is 2.35. The first-order chi connectivity index (χ1) is 11.4. The molecule has 0 saturated carbocycles. The molecule has 2 unspecified atom stereocenters. The lowest BCUT2D eigenvalue weighted by Gasteiger charge is -2.23. The number of benzene rings is 1. The molecule has 1 aliphatic rings. The maximum atomic E-state index is 13.0. The van der Waals surface area contributed by atoms with Gasteiger partial charge in [-0.05, 0) is 55.8 Å². The molecule has 1 heterocycles. The maximum absolute atomic E-state index is 13.0. The van der Waals surface area contributed by atoms with Gasteiger partial charge in [0.05, 0.1) is 5.56 Å². The van der Waals surface area contributed by atoms with Gasteiger partial charge in [0.2, 0.25) is 5.91 Å². The minimum Gasteiger partial charge on any atom is -0.356 e. The van der Waals surface area contributed by atoms with E-state index in [2.05, 4.69) is 10.6 Å². The predicted molar refractivity (Wildman–Crippen MR) is 87.7 cm³/mol. The summed E-state index contributed by atoms with van der Waals surface area (Å²) in [7, 11) is 0. The highest BCUT2D eigenvalue weighted by atomic mass is 19.4. The molecule has 2 rings (SSSR count). The number of hydrogen-bond acceptors (Lipinski definition) is 2. The molecular formula is C18H25F3N2O. The van der Waals surface area contributed by atoms with Crippen LogP contribution in [0.3, 0.4) is 0 Å². The lowest BCUT2D eigenvalue weighted by atomic mass is 9.92. The van der Waals surface area contributed by atoms with Crippen LogP contribution in [0.2, 0.25) is 0 Å². The summed E-state index contributed by atoms with van der Waals surface area (Å²) in [6.07, 6.45) is -1.10. The van der Waals surface area contributed by atoms with Crippen molar-refractivity contribution in [1.82, 2.24) is 10.6 Å². The van der Waals surface area contributed by atoms with Gasteiger partial charge in [0.25, 0.3) is 0 Å². The van der Waals surface area contributed by atoms with E-state index in [0.29, 0.717) is 12.5 Å². The number of carbonyl (C=O) groups is 1. The van der Waals surface area contributed by atoms with Crippen LogP contribution in [0.15, 0.2) is 24.3 Å². The molecule has 1 aliphatic heterocycles. The van der Waals surface area contributed by atoms with Crippen molar-refractivity contribution in [3.05, 3.63) is 35.4 Å². The Morgan fingerprint density at radius 3 is 2.79 bits per heavy atom. The van der Waals surface area contributed by atoms with Crippen LogP contribution in [0.5, 0.6) is 0 Å². The molecule has 1 amide bonds. The number of piperidine rings is 1. The van der Waals surface area contributed by atoms with Crippen LogP contribution in [0.4, 0.5) is 13.2 Å². The molecule has 6 heteroatoms. The van der Waals surface area contributed by atoms with Crippen molar-refractivity contribution >= 4 is 5.91 Å². The molecular weight excluding hydrogens is 317 g/mol. The van der Waals surface area contributed by atoms with Gasteiger partial charge < -0.3 is 10.6 Å². The first-order valence-corrected chi connectivity index (χ1v) is 8.51. The van der Waals surface area contributed by atoms with Crippen LogP contribution in [-0.4, -0.2) is 25.5 Å². The third kappa shape index (κ3) is 5.51. The van der Waals surface area contributed by atoms with Crippen LogP contribution in [0.25, 0.3) is 0 Å².